The standard InChI is InChI=1S/C53H37N5/c1-35(36-31-32-44-43-25-10-12-27-46(43)56(50(44)34-36)38-18-4-2-5-19-38)55-52(53-51(54)45-26-11-15-30-49(45)58(53)39-20-6-3-7-21-39)37-17-16-22-40(33-37)57-47-28-13-8-23-41(47)42-24-9-14-29-48(42)57/h2-34,54H,1H3/b53-52+,54-51?,55-35?. The van der Waals surface area contributed by atoms with Crippen LogP contribution >= 0.6 is 0 Å². The molecular formula is C53H37N5. The molecule has 1 N–H and O–H groups in total. The molecule has 0 saturated heterocycles. The topological polar surface area (TPSA) is 49.3 Å². The minimum absolute atomic E-state index is 0.438. The zero-order valence-electron chi connectivity index (χ0n) is 31.8. The van der Waals surface area contributed by atoms with Crippen LogP contribution in [0.3, 0.4) is 0 Å². The zero-order chi connectivity index (χ0) is 38.7. The number of hydrogen-bond donors (Lipinski definition) is 1. The largest absolute Gasteiger partial charge is 0.309 e. The molecule has 0 atom stereocenters. The molecule has 0 fully saturated rings. The summed E-state index contributed by atoms with van der Waals surface area (Å²) in [5.41, 5.74) is 14.2. The number of fused-ring (bicyclic) bond motifs is 7. The molecule has 3 heterocycles. The lowest BCUT2D eigenvalue weighted by Gasteiger charge is -2.23. The Hall–Kier alpha value is -7.76. The molecular weight excluding hydrogens is 707 g/mol. The molecule has 0 bridgehead atoms. The first kappa shape index (κ1) is 33.6. The fourth-order valence-electron chi connectivity index (χ4n) is 8.84. The molecule has 0 radical (unpaired) electrons. The maximum Gasteiger partial charge on any atom is 0.0985 e. The van der Waals surface area contributed by atoms with Crippen molar-refractivity contribution >= 4 is 72.1 Å². The van der Waals surface area contributed by atoms with Crippen LogP contribution in [0.2, 0.25) is 0 Å². The van der Waals surface area contributed by atoms with E-state index in [-0.39, 0.29) is 0 Å². The summed E-state index contributed by atoms with van der Waals surface area (Å²) in [5, 5.41) is 14.6. The molecule has 10 aromatic rings. The Morgan fingerprint density at radius 2 is 0.948 bits per heavy atom. The molecule has 5 nitrogen and oxygen atoms in total. The number of benzene rings is 8. The van der Waals surface area contributed by atoms with Crippen LogP contribution in [0.1, 0.15) is 23.6 Å². The van der Waals surface area contributed by atoms with Gasteiger partial charge in [-0.05, 0) is 79.2 Å². The van der Waals surface area contributed by atoms with E-state index in [0.29, 0.717) is 5.71 Å². The summed E-state index contributed by atoms with van der Waals surface area (Å²) in [5.74, 6) is 0. The van der Waals surface area contributed by atoms with Gasteiger partial charge in [0.05, 0.1) is 44.9 Å². The maximum atomic E-state index is 9.82. The van der Waals surface area contributed by atoms with Gasteiger partial charge in [0.25, 0.3) is 0 Å². The maximum absolute atomic E-state index is 9.82. The molecule has 1 aliphatic heterocycles. The number of anilines is 2. The van der Waals surface area contributed by atoms with Gasteiger partial charge in [0.1, 0.15) is 0 Å². The fraction of sp³-hybridized carbons (Fsp3) is 0.0189. The van der Waals surface area contributed by atoms with Gasteiger partial charge in [-0.2, -0.15) is 0 Å². The number of nitrogens with one attached hydrogen (secondary N) is 1. The van der Waals surface area contributed by atoms with Crippen LogP contribution in [0.25, 0.3) is 60.7 Å². The summed E-state index contributed by atoms with van der Waals surface area (Å²) in [4.78, 5) is 7.82. The van der Waals surface area contributed by atoms with E-state index in [4.69, 9.17) is 4.99 Å². The van der Waals surface area contributed by atoms with Gasteiger partial charge in [0.2, 0.25) is 0 Å². The molecule has 0 spiro atoms. The van der Waals surface area contributed by atoms with E-state index in [2.05, 4.69) is 197 Å². The number of nitrogens with zero attached hydrogens (tertiary/aromatic N) is 4. The van der Waals surface area contributed by atoms with Gasteiger partial charge in [-0.3, -0.25) is 10.4 Å². The molecule has 0 saturated carbocycles. The minimum atomic E-state index is 0.438. The van der Waals surface area contributed by atoms with Crippen LogP contribution in [0.5, 0.6) is 0 Å². The number of aromatic nitrogens is 2. The van der Waals surface area contributed by atoms with Crippen LogP contribution in [0.15, 0.2) is 211 Å². The number of hydrogen-bond acceptors (Lipinski definition) is 3. The monoisotopic (exact) mass is 743 g/mol. The Labute approximate surface area is 336 Å². The van der Waals surface area contributed by atoms with Gasteiger partial charge in [-0.15, -0.1) is 0 Å². The second-order valence-electron chi connectivity index (χ2n) is 14.8. The summed E-state index contributed by atoms with van der Waals surface area (Å²) >= 11 is 0. The minimum Gasteiger partial charge on any atom is -0.309 e. The molecule has 5 heteroatoms. The first-order chi connectivity index (χ1) is 28.6. The van der Waals surface area contributed by atoms with E-state index in [9.17, 15) is 5.41 Å². The van der Waals surface area contributed by atoms with Crippen LogP contribution in [0.4, 0.5) is 11.4 Å². The lowest BCUT2D eigenvalue weighted by molar-refractivity contribution is 1.17. The van der Waals surface area contributed by atoms with E-state index in [0.717, 1.165) is 78.6 Å². The molecule has 0 unspecified atom stereocenters. The second-order valence-corrected chi connectivity index (χ2v) is 14.8. The third-order valence-electron chi connectivity index (χ3n) is 11.5. The highest BCUT2D eigenvalue weighted by molar-refractivity contribution is 6.26. The first-order valence-electron chi connectivity index (χ1n) is 19.6. The van der Waals surface area contributed by atoms with Gasteiger partial charge < -0.3 is 14.0 Å². The fourth-order valence-corrected chi connectivity index (χ4v) is 8.84. The first-order valence-corrected chi connectivity index (χ1v) is 19.6. The van der Waals surface area contributed by atoms with E-state index in [1.807, 2.05) is 24.3 Å². The third-order valence-corrected chi connectivity index (χ3v) is 11.5. The number of para-hydroxylation sites is 6. The molecule has 58 heavy (non-hydrogen) atoms. The van der Waals surface area contributed by atoms with Crippen molar-refractivity contribution in [2.45, 2.75) is 6.92 Å². The molecule has 8 aromatic carbocycles. The van der Waals surface area contributed by atoms with Crippen molar-refractivity contribution in [1.82, 2.24) is 9.13 Å². The van der Waals surface area contributed by atoms with Crippen molar-refractivity contribution in [3.05, 3.63) is 223 Å². The highest BCUT2D eigenvalue weighted by Crippen LogP contribution is 2.44. The lowest BCUT2D eigenvalue weighted by Crippen LogP contribution is -2.17. The Balaban J connectivity index is 1.17. The van der Waals surface area contributed by atoms with E-state index in [1.54, 1.807) is 0 Å². The summed E-state index contributed by atoms with van der Waals surface area (Å²) in [7, 11) is 0. The Bertz CT molecular complexity index is 3260. The summed E-state index contributed by atoms with van der Waals surface area (Å²) in [6, 6.07) is 70.2. The van der Waals surface area contributed by atoms with Gasteiger partial charge in [-0.1, -0.05) is 133 Å². The smallest absolute Gasteiger partial charge is 0.0985 e. The lowest BCUT2D eigenvalue weighted by atomic mass is 10.0. The third kappa shape index (κ3) is 5.25. The highest BCUT2D eigenvalue weighted by Gasteiger charge is 2.34. The average molecular weight is 744 g/mol. The molecule has 1 aliphatic rings. The predicted molar refractivity (Wildman–Crippen MR) is 243 cm³/mol. The van der Waals surface area contributed by atoms with Gasteiger partial charge in [0, 0.05) is 55.4 Å². The summed E-state index contributed by atoms with van der Waals surface area (Å²) in [6.45, 7) is 2.09. The van der Waals surface area contributed by atoms with Crippen LogP contribution < -0.4 is 4.90 Å². The SMILES string of the molecule is CC(=N/C(=C1\C(=N)c2ccccc2N1c1ccccc1)c1cccc(-n2c3ccccc3c3ccccc32)c1)c1ccc2c3ccccc3n(-c3ccccc3)c2c1. The average Bonchev–Trinajstić information content (AvgIpc) is 3.91. The van der Waals surface area contributed by atoms with Crippen molar-refractivity contribution in [3.63, 3.8) is 0 Å². The molecule has 0 amide bonds. The molecule has 274 valence electrons. The number of rotatable bonds is 6. The quantitative estimate of drug-likeness (QED) is 0.169. The summed E-state index contributed by atoms with van der Waals surface area (Å²) in [6.07, 6.45) is 0. The van der Waals surface area contributed by atoms with Crippen LogP contribution in [-0.4, -0.2) is 20.6 Å². The van der Waals surface area contributed by atoms with Crippen LogP contribution in [0, 0.1) is 5.41 Å². The predicted octanol–water partition coefficient (Wildman–Crippen LogP) is 13.3. The molecule has 11 rings (SSSR count). The number of allylic oxidation sites excluding steroid dienone is 1. The van der Waals surface area contributed by atoms with Crippen LogP contribution in [-0.2, 0) is 0 Å². The van der Waals surface area contributed by atoms with Crippen molar-refractivity contribution < 1.29 is 0 Å². The normalized spacial score (nSPS) is 13.9. The van der Waals surface area contributed by atoms with Crippen molar-refractivity contribution in [2.24, 2.45) is 4.99 Å². The van der Waals surface area contributed by atoms with Crippen molar-refractivity contribution in [2.75, 3.05) is 4.90 Å². The van der Waals surface area contributed by atoms with E-state index < -0.39 is 0 Å². The van der Waals surface area contributed by atoms with Gasteiger partial charge >= 0.3 is 0 Å². The molecule has 2 aromatic heterocycles. The Kier molecular flexibility index (Phi) is 7.79. The van der Waals surface area contributed by atoms with Crippen molar-refractivity contribution in [1.29, 1.82) is 5.41 Å². The second kappa shape index (κ2) is 13.5. The zero-order valence-corrected chi connectivity index (χ0v) is 31.8. The molecule has 0 aliphatic carbocycles. The Morgan fingerprint density at radius 1 is 0.431 bits per heavy atom. The highest BCUT2D eigenvalue weighted by atomic mass is 15.2. The van der Waals surface area contributed by atoms with E-state index >= 15 is 0 Å². The Morgan fingerprint density at radius 3 is 1.60 bits per heavy atom. The van der Waals surface area contributed by atoms with E-state index in [1.165, 1.54) is 21.5 Å². The van der Waals surface area contributed by atoms with Gasteiger partial charge in [0.15, 0.2) is 0 Å². The van der Waals surface area contributed by atoms with Crippen molar-refractivity contribution in [3.8, 4) is 11.4 Å². The number of aliphatic imine (C=N–C) groups is 1. The summed E-state index contributed by atoms with van der Waals surface area (Å²) < 4.78 is 4.68. The van der Waals surface area contributed by atoms with Gasteiger partial charge in [-0.25, -0.2) is 0 Å².